The lowest BCUT2D eigenvalue weighted by Crippen LogP contribution is -2.21. The molecule has 2 fully saturated rings. The molecule has 0 amide bonds. The molecule has 7 heteroatoms. The van der Waals surface area contributed by atoms with Crippen LogP contribution in [0, 0.1) is 18.3 Å². The topological polar surface area (TPSA) is 110 Å². The summed E-state index contributed by atoms with van der Waals surface area (Å²) in [7, 11) is 0. The molecule has 0 radical (unpaired) electrons. The monoisotopic (exact) mass is 425 g/mol. The Morgan fingerprint density at radius 3 is 2.81 bits per heavy atom. The van der Waals surface area contributed by atoms with Gasteiger partial charge in [-0.1, -0.05) is 12.1 Å². The van der Waals surface area contributed by atoms with Crippen LogP contribution < -0.4 is 16.6 Å². The second-order valence-electron chi connectivity index (χ2n) is 8.83. The minimum atomic E-state index is -0.0849. The third-order valence-corrected chi connectivity index (χ3v) is 6.74. The van der Waals surface area contributed by atoms with Gasteiger partial charge in [-0.15, -0.1) is 0 Å². The van der Waals surface area contributed by atoms with E-state index in [1.807, 2.05) is 29.7 Å². The molecule has 1 saturated heterocycles. The summed E-state index contributed by atoms with van der Waals surface area (Å²) in [6.07, 6.45) is 4.01. The largest absolute Gasteiger partial charge is 0.438 e. The lowest BCUT2D eigenvalue weighted by molar-refractivity contribution is 0.453. The van der Waals surface area contributed by atoms with Gasteiger partial charge in [0.2, 0.25) is 5.89 Å². The molecule has 1 aliphatic carbocycles. The predicted molar refractivity (Wildman–Crippen MR) is 123 cm³/mol. The van der Waals surface area contributed by atoms with E-state index in [4.69, 9.17) is 10.2 Å². The number of aryl methyl sites for hydroxylation is 1. The highest BCUT2D eigenvalue weighted by Crippen LogP contribution is 2.41. The van der Waals surface area contributed by atoms with E-state index >= 15 is 0 Å². The van der Waals surface area contributed by atoms with Crippen LogP contribution in [0.5, 0.6) is 0 Å². The molecule has 6 rings (SSSR count). The van der Waals surface area contributed by atoms with Gasteiger partial charge < -0.3 is 20.0 Å². The van der Waals surface area contributed by atoms with Crippen LogP contribution >= 0.6 is 0 Å². The fraction of sp³-hybridized carbons (Fsp3) is 0.320. The number of benzene rings is 2. The van der Waals surface area contributed by atoms with Crippen molar-refractivity contribution in [3.63, 3.8) is 0 Å². The van der Waals surface area contributed by atoms with Crippen molar-refractivity contribution in [1.29, 1.82) is 5.26 Å². The summed E-state index contributed by atoms with van der Waals surface area (Å²) in [5.41, 5.74) is 11.5. The Labute approximate surface area is 184 Å². The second kappa shape index (κ2) is 6.94. The smallest absolute Gasteiger partial charge is 0.281 e. The standard InChI is InChI=1S/C25H23N5O2/c1-13-17(14-4-9-19(27)15(11-14)12-26)7-8-18-22(13)30(16-5-6-16)25(31)21-23(18)32-24(29-21)20-3-2-10-28-20/h4,7-9,11,16,20,28H,2-3,5-6,10,27H2,1H3. The fourth-order valence-electron chi connectivity index (χ4n) is 4.93. The van der Waals surface area contributed by atoms with Gasteiger partial charge in [0.15, 0.2) is 11.1 Å². The fourth-order valence-corrected chi connectivity index (χ4v) is 4.93. The van der Waals surface area contributed by atoms with Crippen molar-refractivity contribution < 1.29 is 4.42 Å². The van der Waals surface area contributed by atoms with E-state index in [1.165, 1.54) is 0 Å². The molecule has 160 valence electrons. The molecule has 2 aliphatic rings. The SMILES string of the molecule is Cc1c(-c2ccc(N)c(C#N)c2)ccc2c3oc(C4CCCN4)nc3c(=O)n(C3CC3)c12. The molecule has 2 aromatic heterocycles. The van der Waals surface area contributed by atoms with Gasteiger partial charge in [0.1, 0.15) is 6.07 Å². The predicted octanol–water partition coefficient (Wildman–Crippen LogP) is 4.33. The van der Waals surface area contributed by atoms with E-state index < -0.39 is 0 Å². The van der Waals surface area contributed by atoms with E-state index in [-0.39, 0.29) is 17.6 Å². The summed E-state index contributed by atoms with van der Waals surface area (Å²) >= 11 is 0. The van der Waals surface area contributed by atoms with Crippen LogP contribution in [0.4, 0.5) is 5.69 Å². The molecule has 1 aliphatic heterocycles. The van der Waals surface area contributed by atoms with Crippen LogP contribution in [0.15, 0.2) is 39.5 Å². The molecule has 32 heavy (non-hydrogen) atoms. The maximum Gasteiger partial charge on any atom is 0.281 e. The number of fused-ring (bicyclic) bond motifs is 3. The van der Waals surface area contributed by atoms with E-state index in [1.54, 1.807) is 12.1 Å². The van der Waals surface area contributed by atoms with Gasteiger partial charge in [0, 0.05) is 17.1 Å². The molecule has 3 heterocycles. The Balaban J connectivity index is 1.64. The number of nitrogens with two attached hydrogens (primary N) is 1. The number of aromatic nitrogens is 2. The van der Waals surface area contributed by atoms with Crippen molar-refractivity contribution in [2.45, 2.75) is 44.7 Å². The number of nitrogen functional groups attached to an aromatic ring is 1. The average Bonchev–Trinajstić information content (AvgIpc) is 3.29. The summed E-state index contributed by atoms with van der Waals surface area (Å²) in [4.78, 5) is 18.2. The third-order valence-electron chi connectivity index (χ3n) is 6.74. The van der Waals surface area contributed by atoms with Crippen molar-refractivity contribution in [3.05, 3.63) is 57.7 Å². The minimum absolute atomic E-state index is 0.0609. The number of rotatable bonds is 3. The first-order valence-electron chi connectivity index (χ1n) is 11.1. The molecule has 1 saturated carbocycles. The molecular formula is C25H23N5O2. The lowest BCUT2D eigenvalue weighted by atomic mass is 9.95. The first-order valence-corrected chi connectivity index (χ1v) is 11.1. The van der Waals surface area contributed by atoms with Crippen LogP contribution in [0.3, 0.4) is 0 Å². The highest BCUT2D eigenvalue weighted by Gasteiger charge is 2.31. The zero-order valence-corrected chi connectivity index (χ0v) is 17.8. The molecule has 0 spiro atoms. The lowest BCUT2D eigenvalue weighted by Gasteiger charge is -2.15. The van der Waals surface area contributed by atoms with Crippen LogP contribution in [-0.4, -0.2) is 16.1 Å². The van der Waals surface area contributed by atoms with Crippen molar-refractivity contribution in [3.8, 4) is 17.2 Å². The first kappa shape index (κ1) is 19.1. The van der Waals surface area contributed by atoms with E-state index in [2.05, 4.69) is 16.4 Å². The van der Waals surface area contributed by atoms with Gasteiger partial charge >= 0.3 is 0 Å². The summed E-state index contributed by atoms with van der Waals surface area (Å²) < 4.78 is 8.12. The number of nitrogens with zero attached hydrogens (tertiary/aromatic N) is 3. The Morgan fingerprint density at radius 1 is 1.25 bits per heavy atom. The molecule has 1 atom stereocenters. The average molecular weight is 425 g/mol. The van der Waals surface area contributed by atoms with Crippen LogP contribution in [0.25, 0.3) is 33.1 Å². The van der Waals surface area contributed by atoms with Crippen molar-refractivity contribution >= 4 is 27.7 Å². The third kappa shape index (κ3) is 2.76. The van der Waals surface area contributed by atoms with Crippen molar-refractivity contribution in [2.24, 2.45) is 0 Å². The van der Waals surface area contributed by atoms with Gasteiger partial charge in [-0.25, -0.2) is 4.98 Å². The Bertz CT molecular complexity index is 1500. The molecule has 2 aromatic carbocycles. The number of hydrogen-bond donors (Lipinski definition) is 2. The van der Waals surface area contributed by atoms with Gasteiger partial charge in [0.25, 0.3) is 5.56 Å². The maximum absolute atomic E-state index is 13.6. The number of nitrogens with one attached hydrogen (secondary N) is 1. The second-order valence-corrected chi connectivity index (χ2v) is 8.83. The maximum atomic E-state index is 13.6. The summed E-state index contributed by atoms with van der Waals surface area (Å²) in [5, 5.41) is 13.7. The van der Waals surface area contributed by atoms with E-state index in [9.17, 15) is 10.1 Å². The molecule has 3 N–H and O–H groups in total. The Hall–Kier alpha value is -3.63. The number of anilines is 1. The summed E-state index contributed by atoms with van der Waals surface area (Å²) in [6, 6.07) is 11.9. The Kier molecular flexibility index (Phi) is 4.14. The first-order chi connectivity index (χ1) is 15.6. The van der Waals surface area contributed by atoms with Crippen molar-refractivity contribution in [1.82, 2.24) is 14.9 Å². The van der Waals surface area contributed by atoms with Gasteiger partial charge in [-0.3, -0.25) is 4.79 Å². The van der Waals surface area contributed by atoms with Crippen LogP contribution in [0.1, 0.15) is 54.8 Å². The van der Waals surface area contributed by atoms with E-state index in [0.717, 1.165) is 59.8 Å². The summed E-state index contributed by atoms with van der Waals surface area (Å²) in [6.45, 7) is 2.96. The van der Waals surface area contributed by atoms with E-state index in [0.29, 0.717) is 28.2 Å². The van der Waals surface area contributed by atoms with Crippen LogP contribution in [0.2, 0.25) is 0 Å². The molecule has 0 bridgehead atoms. The van der Waals surface area contributed by atoms with Gasteiger partial charge in [-0.2, -0.15) is 5.26 Å². The normalized spacial score (nSPS) is 18.4. The quantitative estimate of drug-likeness (QED) is 0.473. The summed E-state index contributed by atoms with van der Waals surface area (Å²) in [5.74, 6) is 0.600. The number of hydrogen-bond acceptors (Lipinski definition) is 6. The van der Waals surface area contributed by atoms with Gasteiger partial charge in [0.05, 0.1) is 17.1 Å². The highest BCUT2D eigenvalue weighted by atomic mass is 16.4. The zero-order valence-electron chi connectivity index (χ0n) is 17.8. The van der Waals surface area contributed by atoms with Crippen LogP contribution in [-0.2, 0) is 0 Å². The zero-order chi connectivity index (χ0) is 22.0. The number of oxazole rings is 1. The number of pyridine rings is 1. The van der Waals surface area contributed by atoms with Gasteiger partial charge in [-0.05, 0) is 74.0 Å². The molecule has 7 nitrogen and oxygen atoms in total. The Morgan fingerprint density at radius 2 is 2.09 bits per heavy atom. The highest BCUT2D eigenvalue weighted by molar-refractivity contribution is 6.04. The van der Waals surface area contributed by atoms with Crippen molar-refractivity contribution in [2.75, 3.05) is 12.3 Å². The molecular weight excluding hydrogens is 402 g/mol. The minimum Gasteiger partial charge on any atom is -0.438 e. The molecule has 1 unspecified atom stereocenters. The molecule has 4 aromatic rings. The number of nitriles is 1.